The van der Waals surface area contributed by atoms with Gasteiger partial charge in [-0.05, 0) is 30.9 Å². The summed E-state index contributed by atoms with van der Waals surface area (Å²) in [5, 5.41) is 5.60. The first-order chi connectivity index (χ1) is 12.0. The molecule has 2 fully saturated rings. The predicted octanol–water partition coefficient (Wildman–Crippen LogP) is 1.24. The molecule has 0 radical (unpaired) electrons. The Morgan fingerprint density at radius 1 is 1.40 bits per heavy atom. The summed E-state index contributed by atoms with van der Waals surface area (Å²) in [6.07, 6.45) is 5.86. The van der Waals surface area contributed by atoms with Crippen molar-refractivity contribution >= 4 is 17.8 Å². The van der Waals surface area contributed by atoms with Gasteiger partial charge in [-0.1, -0.05) is 25.8 Å². The van der Waals surface area contributed by atoms with Crippen molar-refractivity contribution in [3.63, 3.8) is 0 Å². The fourth-order valence-electron chi connectivity index (χ4n) is 3.71. The number of hydrogen-bond acceptors (Lipinski definition) is 4. The maximum atomic E-state index is 12.8. The lowest BCUT2D eigenvalue weighted by molar-refractivity contribution is -0.137. The van der Waals surface area contributed by atoms with Crippen LogP contribution in [0.1, 0.15) is 38.3 Å². The molecule has 2 N–H and O–H groups in total. The van der Waals surface area contributed by atoms with E-state index in [0.717, 1.165) is 29.9 Å². The van der Waals surface area contributed by atoms with Gasteiger partial charge in [0.05, 0.1) is 0 Å². The van der Waals surface area contributed by atoms with Gasteiger partial charge in [0.2, 0.25) is 5.91 Å². The van der Waals surface area contributed by atoms with Gasteiger partial charge in [0.1, 0.15) is 12.1 Å². The number of amides is 4. The molecule has 2 heterocycles. The molecule has 2 aliphatic rings. The third-order valence-electron chi connectivity index (χ3n) is 5.23. The number of carbonyl (C=O) groups is 3. The van der Waals surface area contributed by atoms with Crippen molar-refractivity contribution < 1.29 is 14.4 Å². The second-order valence-corrected chi connectivity index (χ2v) is 6.86. The highest BCUT2D eigenvalue weighted by atomic mass is 16.2. The molecule has 134 valence electrons. The Kier molecular flexibility index (Phi) is 5.01. The number of hydrogen-bond donors (Lipinski definition) is 2. The van der Waals surface area contributed by atoms with Gasteiger partial charge in [-0.3, -0.25) is 19.5 Å². The molecule has 1 aliphatic heterocycles. The van der Waals surface area contributed by atoms with E-state index in [1.54, 1.807) is 6.20 Å². The molecular formula is C18H24N4O3. The van der Waals surface area contributed by atoms with Crippen LogP contribution in [0.25, 0.3) is 0 Å². The van der Waals surface area contributed by atoms with Gasteiger partial charge in [0, 0.05) is 24.9 Å². The van der Waals surface area contributed by atoms with E-state index in [1.165, 1.54) is 0 Å². The summed E-state index contributed by atoms with van der Waals surface area (Å²) in [5.74, 6) is -0.501. The molecule has 3 rings (SSSR count). The van der Waals surface area contributed by atoms with Gasteiger partial charge in [0.25, 0.3) is 5.91 Å². The van der Waals surface area contributed by atoms with Crippen LogP contribution in [0.2, 0.25) is 0 Å². The molecule has 0 aromatic carbocycles. The average Bonchev–Trinajstić information content (AvgIpc) is 2.84. The zero-order valence-electron chi connectivity index (χ0n) is 14.5. The first kappa shape index (κ1) is 17.4. The highest BCUT2D eigenvalue weighted by Crippen LogP contribution is 2.38. The van der Waals surface area contributed by atoms with Gasteiger partial charge < -0.3 is 10.6 Å². The van der Waals surface area contributed by atoms with E-state index in [1.807, 2.05) is 25.1 Å². The Hall–Kier alpha value is -2.44. The van der Waals surface area contributed by atoms with E-state index in [-0.39, 0.29) is 24.3 Å². The maximum absolute atomic E-state index is 12.8. The highest BCUT2D eigenvalue weighted by molar-refractivity contribution is 6.09. The smallest absolute Gasteiger partial charge is 0.325 e. The number of imide groups is 1. The number of rotatable bonds is 5. The quantitative estimate of drug-likeness (QED) is 0.786. The van der Waals surface area contributed by atoms with Gasteiger partial charge in [0.15, 0.2) is 0 Å². The van der Waals surface area contributed by atoms with Crippen molar-refractivity contribution in [1.82, 2.24) is 20.5 Å². The fourth-order valence-corrected chi connectivity index (χ4v) is 3.71. The van der Waals surface area contributed by atoms with E-state index >= 15 is 0 Å². The molecule has 1 aromatic rings. The molecule has 1 saturated heterocycles. The van der Waals surface area contributed by atoms with Crippen molar-refractivity contribution in [3.05, 3.63) is 30.1 Å². The van der Waals surface area contributed by atoms with E-state index in [4.69, 9.17) is 0 Å². The summed E-state index contributed by atoms with van der Waals surface area (Å²) in [5.41, 5.74) is 0.0663. The first-order valence-corrected chi connectivity index (χ1v) is 8.83. The Morgan fingerprint density at radius 2 is 2.24 bits per heavy atom. The number of carbonyl (C=O) groups excluding carboxylic acids is 3. The van der Waals surface area contributed by atoms with Crippen LogP contribution in [-0.2, 0) is 16.0 Å². The van der Waals surface area contributed by atoms with Crippen LogP contribution >= 0.6 is 0 Å². The third kappa shape index (κ3) is 3.50. The Morgan fingerprint density at radius 3 is 2.96 bits per heavy atom. The van der Waals surface area contributed by atoms with Crippen molar-refractivity contribution in [2.24, 2.45) is 5.92 Å². The summed E-state index contributed by atoms with van der Waals surface area (Å²) < 4.78 is 0. The number of nitrogens with zero attached hydrogens (tertiary/aromatic N) is 2. The molecular weight excluding hydrogens is 320 g/mol. The SMILES string of the molecule is C[C@H]1CCCC[C@@]12NC(=O)N(CC(=O)NCCc1ccccn1)C2=O. The third-order valence-corrected chi connectivity index (χ3v) is 5.23. The lowest BCUT2D eigenvalue weighted by Crippen LogP contribution is -2.54. The minimum atomic E-state index is -0.816. The zero-order valence-corrected chi connectivity index (χ0v) is 14.5. The largest absolute Gasteiger partial charge is 0.354 e. The van der Waals surface area contributed by atoms with Crippen LogP contribution in [0.5, 0.6) is 0 Å². The molecule has 7 nitrogen and oxygen atoms in total. The van der Waals surface area contributed by atoms with Crippen LogP contribution in [-0.4, -0.2) is 46.4 Å². The predicted molar refractivity (Wildman–Crippen MR) is 91.6 cm³/mol. The van der Waals surface area contributed by atoms with E-state index < -0.39 is 11.6 Å². The molecule has 0 bridgehead atoms. The lowest BCUT2D eigenvalue weighted by Gasteiger charge is -2.36. The van der Waals surface area contributed by atoms with Crippen LogP contribution in [0, 0.1) is 5.92 Å². The zero-order chi connectivity index (χ0) is 17.9. The molecule has 1 spiro atoms. The monoisotopic (exact) mass is 344 g/mol. The standard InChI is InChI=1S/C18H24N4O3/c1-13-6-2-4-9-18(13)16(24)22(17(25)21-18)12-15(23)20-11-8-14-7-3-5-10-19-14/h3,5,7,10,13H,2,4,6,8-9,11-12H2,1H3,(H,20,23)(H,21,25)/t13-,18+/m0/s1. The van der Waals surface area contributed by atoms with Gasteiger partial charge in [-0.15, -0.1) is 0 Å². The van der Waals surface area contributed by atoms with Crippen LogP contribution in [0.15, 0.2) is 24.4 Å². The Labute approximate surface area is 147 Å². The fraction of sp³-hybridized carbons (Fsp3) is 0.556. The Balaban J connectivity index is 1.54. The minimum absolute atomic E-state index is 0.0925. The summed E-state index contributed by atoms with van der Waals surface area (Å²) >= 11 is 0. The summed E-state index contributed by atoms with van der Waals surface area (Å²) in [4.78, 5) is 42.4. The number of nitrogens with one attached hydrogen (secondary N) is 2. The lowest BCUT2D eigenvalue weighted by atomic mass is 9.73. The van der Waals surface area contributed by atoms with E-state index in [9.17, 15) is 14.4 Å². The molecule has 1 aliphatic carbocycles. The van der Waals surface area contributed by atoms with Crippen molar-refractivity contribution in [1.29, 1.82) is 0 Å². The van der Waals surface area contributed by atoms with Gasteiger partial charge in [-0.25, -0.2) is 4.79 Å². The topological polar surface area (TPSA) is 91.4 Å². The van der Waals surface area contributed by atoms with Crippen LogP contribution < -0.4 is 10.6 Å². The molecule has 1 saturated carbocycles. The summed E-state index contributed by atoms with van der Waals surface area (Å²) in [7, 11) is 0. The van der Waals surface area contributed by atoms with Gasteiger partial charge >= 0.3 is 6.03 Å². The maximum Gasteiger partial charge on any atom is 0.325 e. The molecule has 7 heteroatoms. The minimum Gasteiger partial charge on any atom is -0.354 e. The molecule has 4 amide bonds. The molecule has 0 unspecified atom stereocenters. The number of pyridine rings is 1. The summed E-state index contributed by atoms with van der Waals surface area (Å²) in [6, 6.07) is 5.15. The molecule has 25 heavy (non-hydrogen) atoms. The van der Waals surface area contributed by atoms with Gasteiger partial charge in [-0.2, -0.15) is 0 Å². The summed E-state index contributed by atoms with van der Waals surface area (Å²) in [6.45, 7) is 2.18. The van der Waals surface area contributed by atoms with Crippen molar-refractivity contribution in [2.75, 3.05) is 13.1 Å². The van der Waals surface area contributed by atoms with E-state index in [0.29, 0.717) is 19.4 Å². The van der Waals surface area contributed by atoms with Crippen LogP contribution in [0.3, 0.4) is 0 Å². The molecule has 1 aromatic heterocycles. The second kappa shape index (κ2) is 7.21. The van der Waals surface area contributed by atoms with Crippen LogP contribution in [0.4, 0.5) is 4.79 Å². The van der Waals surface area contributed by atoms with Crippen molar-refractivity contribution in [3.8, 4) is 0 Å². The first-order valence-electron chi connectivity index (χ1n) is 8.83. The number of aromatic nitrogens is 1. The normalized spacial score (nSPS) is 26.0. The van der Waals surface area contributed by atoms with E-state index in [2.05, 4.69) is 15.6 Å². The highest BCUT2D eigenvalue weighted by Gasteiger charge is 2.55. The average molecular weight is 344 g/mol. The molecule has 2 atom stereocenters. The Bertz CT molecular complexity index is 664. The van der Waals surface area contributed by atoms with Crippen molar-refractivity contribution in [2.45, 2.75) is 44.6 Å². The number of urea groups is 1. The second-order valence-electron chi connectivity index (χ2n) is 6.86.